The number of hydrogen-bond acceptors (Lipinski definition) is 4. The third kappa shape index (κ3) is 7.69. The first kappa shape index (κ1) is 20.8. The van der Waals surface area contributed by atoms with Gasteiger partial charge in [-0.25, -0.2) is 4.99 Å². The fraction of sp³-hybridized carbons (Fsp3) is 0.533. The number of hydrogen-bond donors (Lipinski definition) is 2. The second-order valence-electron chi connectivity index (χ2n) is 4.81. The summed E-state index contributed by atoms with van der Waals surface area (Å²) in [6, 6.07) is 7.63. The van der Waals surface area contributed by atoms with E-state index in [2.05, 4.69) is 10.3 Å². The van der Waals surface area contributed by atoms with Crippen molar-refractivity contribution in [3.8, 4) is 11.5 Å². The van der Waals surface area contributed by atoms with Gasteiger partial charge in [0.15, 0.2) is 17.5 Å². The second kappa shape index (κ2) is 11.4. The summed E-state index contributed by atoms with van der Waals surface area (Å²) in [7, 11) is 3.26. The number of aliphatic imine (C=N–C) groups is 1. The van der Waals surface area contributed by atoms with Crippen molar-refractivity contribution in [3.63, 3.8) is 0 Å². The van der Waals surface area contributed by atoms with Gasteiger partial charge >= 0.3 is 0 Å². The Labute approximate surface area is 149 Å². The van der Waals surface area contributed by atoms with Crippen LogP contribution >= 0.6 is 24.0 Å². The molecule has 0 aromatic heterocycles. The molecule has 0 bridgehead atoms. The molecule has 0 aliphatic carbocycles. The highest BCUT2D eigenvalue weighted by Gasteiger charge is 2.08. The maximum absolute atomic E-state index is 5.81. The normalized spacial score (nSPS) is 13.7. The van der Waals surface area contributed by atoms with Crippen molar-refractivity contribution < 1.29 is 14.2 Å². The number of halogens is 1. The number of rotatable bonds is 8. The molecule has 0 amide bonds. The quantitative estimate of drug-likeness (QED) is 0.380. The predicted molar refractivity (Wildman–Crippen MR) is 99.5 cm³/mol. The molecular formula is C15H26IN3O3. The number of methoxy groups -OCH3 is 2. The molecule has 0 heterocycles. The summed E-state index contributed by atoms with van der Waals surface area (Å²) >= 11 is 0. The van der Waals surface area contributed by atoms with Crippen molar-refractivity contribution in [2.45, 2.75) is 26.0 Å². The first-order valence-corrected chi connectivity index (χ1v) is 6.91. The van der Waals surface area contributed by atoms with E-state index in [0.29, 0.717) is 30.6 Å². The zero-order valence-corrected chi connectivity index (χ0v) is 15.9. The van der Waals surface area contributed by atoms with Gasteiger partial charge in [0.25, 0.3) is 0 Å². The monoisotopic (exact) mass is 423 g/mol. The largest absolute Gasteiger partial charge is 0.493 e. The van der Waals surface area contributed by atoms with Crippen LogP contribution in [0.15, 0.2) is 29.3 Å². The second-order valence-corrected chi connectivity index (χ2v) is 4.81. The zero-order chi connectivity index (χ0) is 15.7. The third-order valence-corrected chi connectivity index (χ3v) is 2.73. The summed E-state index contributed by atoms with van der Waals surface area (Å²) in [6.45, 7) is 4.93. The molecule has 0 radical (unpaired) electrons. The van der Waals surface area contributed by atoms with Gasteiger partial charge in [0, 0.05) is 13.2 Å². The fourth-order valence-electron chi connectivity index (χ4n) is 1.79. The minimum Gasteiger partial charge on any atom is -0.493 e. The van der Waals surface area contributed by atoms with Gasteiger partial charge < -0.3 is 25.3 Å². The Morgan fingerprint density at radius 3 is 2.45 bits per heavy atom. The molecule has 0 saturated heterocycles. The molecule has 0 fully saturated rings. The highest BCUT2D eigenvalue weighted by atomic mass is 127. The van der Waals surface area contributed by atoms with E-state index in [1.807, 2.05) is 38.1 Å². The van der Waals surface area contributed by atoms with Gasteiger partial charge in [-0.2, -0.15) is 0 Å². The number of ether oxygens (including phenoxy) is 3. The molecule has 126 valence electrons. The number of benzene rings is 1. The molecule has 0 aliphatic heterocycles. The summed E-state index contributed by atoms with van der Waals surface area (Å²) in [6.07, 6.45) is -0.112. The van der Waals surface area contributed by atoms with E-state index in [-0.39, 0.29) is 36.1 Å². The first-order valence-electron chi connectivity index (χ1n) is 6.91. The molecule has 7 heteroatoms. The van der Waals surface area contributed by atoms with Crippen molar-refractivity contribution in [1.29, 1.82) is 0 Å². The van der Waals surface area contributed by atoms with Gasteiger partial charge in [-0.15, -0.1) is 24.0 Å². The standard InChI is InChI=1S/C15H25N3O3.HI/c1-11(10-19-3)18-15(16)17-9-12(2)21-14-8-6-5-7-13(14)20-4;/h5-8,11-12H,9-10H2,1-4H3,(H3,16,17,18);1H. The summed E-state index contributed by atoms with van der Waals surface area (Å²) in [4.78, 5) is 4.26. The first-order chi connectivity index (χ1) is 10.1. The van der Waals surface area contributed by atoms with Crippen LogP contribution in [0.3, 0.4) is 0 Å². The van der Waals surface area contributed by atoms with E-state index < -0.39 is 0 Å². The minimum atomic E-state index is -0.112. The molecule has 0 saturated carbocycles. The van der Waals surface area contributed by atoms with E-state index in [9.17, 15) is 0 Å². The summed E-state index contributed by atoms with van der Waals surface area (Å²) in [5.41, 5.74) is 5.81. The highest BCUT2D eigenvalue weighted by Crippen LogP contribution is 2.26. The van der Waals surface area contributed by atoms with Gasteiger partial charge in [-0.3, -0.25) is 0 Å². The van der Waals surface area contributed by atoms with E-state index in [4.69, 9.17) is 19.9 Å². The van der Waals surface area contributed by atoms with E-state index in [1.165, 1.54) is 0 Å². The summed E-state index contributed by atoms with van der Waals surface area (Å²) < 4.78 is 16.1. The molecule has 0 aliphatic rings. The molecule has 1 aromatic rings. The molecule has 2 atom stereocenters. The third-order valence-electron chi connectivity index (χ3n) is 2.73. The Balaban J connectivity index is 0.00000441. The van der Waals surface area contributed by atoms with E-state index >= 15 is 0 Å². The van der Waals surface area contributed by atoms with Crippen LogP contribution in [0.4, 0.5) is 0 Å². The van der Waals surface area contributed by atoms with Crippen LogP contribution in [-0.4, -0.2) is 45.5 Å². The van der Waals surface area contributed by atoms with Gasteiger partial charge in [0.1, 0.15) is 6.10 Å². The lowest BCUT2D eigenvalue weighted by Gasteiger charge is -2.16. The summed E-state index contributed by atoms with van der Waals surface area (Å²) in [5, 5.41) is 3.05. The van der Waals surface area contributed by atoms with Crippen LogP contribution in [0.1, 0.15) is 13.8 Å². The Hall–Kier alpha value is -1.22. The van der Waals surface area contributed by atoms with Crippen LogP contribution in [-0.2, 0) is 4.74 Å². The molecule has 1 aromatic carbocycles. The zero-order valence-electron chi connectivity index (χ0n) is 13.5. The average Bonchev–Trinajstić information content (AvgIpc) is 2.46. The number of nitrogens with two attached hydrogens (primary N) is 1. The van der Waals surface area contributed by atoms with Crippen LogP contribution < -0.4 is 20.5 Å². The molecule has 1 rings (SSSR count). The lowest BCUT2D eigenvalue weighted by atomic mass is 10.3. The van der Waals surface area contributed by atoms with Crippen LogP contribution in [0.2, 0.25) is 0 Å². The minimum absolute atomic E-state index is 0. The number of guanidine groups is 1. The Morgan fingerprint density at radius 2 is 1.86 bits per heavy atom. The number of para-hydroxylation sites is 2. The Bertz CT molecular complexity index is 457. The van der Waals surface area contributed by atoms with Crippen molar-refractivity contribution in [2.24, 2.45) is 10.7 Å². The topological polar surface area (TPSA) is 78.1 Å². The lowest BCUT2D eigenvalue weighted by Crippen LogP contribution is -2.41. The van der Waals surface area contributed by atoms with Crippen LogP contribution in [0, 0.1) is 0 Å². The van der Waals surface area contributed by atoms with Gasteiger partial charge in [-0.05, 0) is 26.0 Å². The predicted octanol–water partition coefficient (Wildman–Crippen LogP) is 2.02. The van der Waals surface area contributed by atoms with Gasteiger partial charge in [0.2, 0.25) is 0 Å². The van der Waals surface area contributed by atoms with Crippen LogP contribution in [0.25, 0.3) is 0 Å². The maximum atomic E-state index is 5.81. The molecule has 2 unspecified atom stereocenters. The van der Waals surface area contributed by atoms with E-state index in [1.54, 1.807) is 14.2 Å². The number of nitrogens with zero attached hydrogens (tertiary/aromatic N) is 1. The molecular weight excluding hydrogens is 397 g/mol. The van der Waals surface area contributed by atoms with Crippen LogP contribution in [0.5, 0.6) is 11.5 Å². The van der Waals surface area contributed by atoms with Gasteiger partial charge in [0.05, 0.1) is 20.3 Å². The van der Waals surface area contributed by atoms with E-state index in [0.717, 1.165) is 0 Å². The summed E-state index contributed by atoms with van der Waals surface area (Å²) in [5.74, 6) is 1.78. The molecule has 22 heavy (non-hydrogen) atoms. The fourth-order valence-corrected chi connectivity index (χ4v) is 1.79. The van der Waals surface area contributed by atoms with Crippen molar-refractivity contribution in [1.82, 2.24) is 5.32 Å². The lowest BCUT2D eigenvalue weighted by molar-refractivity contribution is 0.179. The highest BCUT2D eigenvalue weighted by molar-refractivity contribution is 14.0. The average molecular weight is 423 g/mol. The maximum Gasteiger partial charge on any atom is 0.189 e. The smallest absolute Gasteiger partial charge is 0.189 e. The molecule has 0 spiro atoms. The Kier molecular flexibility index (Phi) is 10.7. The SMILES string of the molecule is COCC(C)NC(N)=NCC(C)Oc1ccccc1OC.I. The molecule has 6 nitrogen and oxygen atoms in total. The van der Waals surface area contributed by atoms with Crippen molar-refractivity contribution >= 4 is 29.9 Å². The van der Waals surface area contributed by atoms with Crippen molar-refractivity contribution in [2.75, 3.05) is 27.4 Å². The van der Waals surface area contributed by atoms with Gasteiger partial charge in [-0.1, -0.05) is 12.1 Å². The molecule has 3 N–H and O–H groups in total. The van der Waals surface area contributed by atoms with Crippen molar-refractivity contribution in [3.05, 3.63) is 24.3 Å². The number of nitrogens with one attached hydrogen (secondary N) is 1. The Morgan fingerprint density at radius 1 is 1.23 bits per heavy atom.